The van der Waals surface area contributed by atoms with Crippen LogP contribution in [0.2, 0.25) is 0 Å². The predicted octanol–water partition coefficient (Wildman–Crippen LogP) is 3.80. The summed E-state index contributed by atoms with van der Waals surface area (Å²) in [6.45, 7) is 4.02. The number of carbonyl (C=O) groups is 1. The number of carbonyl (C=O) groups excluding carboxylic acids is 1. The van der Waals surface area contributed by atoms with Crippen LogP contribution in [0.15, 0.2) is 30.3 Å². The minimum absolute atomic E-state index is 0.154. The van der Waals surface area contributed by atoms with Crippen LogP contribution in [0, 0.1) is 13.8 Å². The first-order chi connectivity index (χ1) is 8.61. The summed E-state index contributed by atoms with van der Waals surface area (Å²) in [6.07, 6.45) is 0.390. The lowest BCUT2D eigenvalue weighted by molar-refractivity contribution is 0.0992. The molecule has 1 heterocycles. The predicted molar refractivity (Wildman–Crippen MR) is 74.8 cm³/mol. The Kier molecular flexibility index (Phi) is 3.82. The van der Waals surface area contributed by atoms with Gasteiger partial charge in [-0.1, -0.05) is 18.2 Å². The van der Waals surface area contributed by atoms with Gasteiger partial charge in [0, 0.05) is 27.3 Å². The van der Waals surface area contributed by atoms with Gasteiger partial charge in [0.1, 0.15) is 5.75 Å². The van der Waals surface area contributed by atoms with Gasteiger partial charge in [0.15, 0.2) is 5.78 Å². The number of thiophene rings is 1. The van der Waals surface area contributed by atoms with E-state index in [1.807, 2.05) is 44.2 Å². The lowest BCUT2D eigenvalue weighted by Gasteiger charge is -2.07. The maximum absolute atomic E-state index is 12.3. The normalized spacial score (nSPS) is 10.4. The molecule has 2 rings (SSSR count). The Morgan fingerprint density at radius 1 is 1.28 bits per heavy atom. The van der Waals surface area contributed by atoms with E-state index in [4.69, 9.17) is 4.74 Å². The lowest BCUT2D eigenvalue weighted by atomic mass is 10.0. The Labute approximate surface area is 111 Å². The van der Waals surface area contributed by atoms with E-state index in [1.165, 1.54) is 4.88 Å². The molecule has 0 aliphatic heterocycles. The minimum Gasteiger partial charge on any atom is -0.496 e. The summed E-state index contributed by atoms with van der Waals surface area (Å²) in [4.78, 5) is 14.5. The molecular formula is C15H16O2S. The average molecular weight is 260 g/mol. The van der Waals surface area contributed by atoms with Gasteiger partial charge < -0.3 is 4.74 Å². The van der Waals surface area contributed by atoms with Crippen LogP contribution < -0.4 is 4.74 Å². The maximum Gasteiger partial charge on any atom is 0.168 e. The van der Waals surface area contributed by atoms with Gasteiger partial charge in [-0.05, 0) is 26.0 Å². The Morgan fingerprint density at radius 2 is 2.00 bits per heavy atom. The van der Waals surface area contributed by atoms with Crippen molar-refractivity contribution in [2.24, 2.45) is 0 Å². The van der Waals surface area contributed by atoms with Crippen molar-refractivity contribution in [2.75, 3.05) is 7.11 Å². The van der Waals surface area contributed by atoms with Crippen LogP contribution in [-0.4, -0.2) is 12.9 Å². The molecule has 0 atom stereocenters. The van der Waals surface area contributed by atoms with Gasteiger partial charge >= 0.3 is 0 Å². The zero-order valence-corrected chi connectivity index (χ0v) is 11.6. The van der Waals surface area contributed by atoms with Gasteiger partial charge in [-0.15, -0.1) is 11.3 Å². The fraction of sp³-hybridized carbons (Fsp3) is 0.267. The van der Waals surface area contributed by atoms with Crippen LogP contribution in [0.5, 0.6) is 5.75 Å². The number of benzene rings is 1. The third-order valence-electron chi connectivity index (χ3n) is 2.88. The molecule has 18 heavy (non-hydrogen) atoms. The number of aryl methyl sites for hydroxylation is 2. The molecule has 2 nitrogen and oxygen atoms in total. The smallest absolute Gasteiger partial charge is 0.168 e. The molecule has 0 spiro atoms. The largest absolute Gasteiger partial charge is 0.496 e. The van der Waals surface area contributed by atoms with Crippen LogP contribution in [0.4, 0.5) is 0 Å². The van der Waals surface area contributed by atoms with Gasteiger partial charge in [-0.3, -0.25) is 4.79 Å². The van der Waals surface area contributed by atoms with Crippen LogP contribution in [0.3, 0.4) is 0 Å². The van der Waals surface area contributed by atoms with Crippen molar-refractivity contribution in [2.45, 2.75) is 20.3 Å². The third kappa shape index (κ3) is 2.62. The third-order valence-corrected chi connectivity index (χ3v) is 3.85. The Hall–Kier alpha value is -1.61. The number of para-hydroxylation sites is 1. The van der Waals surface area contributed by atoms with Crippen LogP contribution >= 0.6 is 11.3 Å². The van der Waals surface area contributed by atoms with Gasteiger partial charge in [0.2, 0.25) is 0 Å². The van der Waals surface area contributed by atoms with Crippen molar-refractivity contribution >= 4 is 17.1 Å². The van der Waals surface area contributed by atoms with Crippen LogP contribution in [0.1, 0.15) is 25.7 Å². The lowest BCUT2D eigenvalue weighted by Crippen LogP contribution is -2.05. The van der Waals surface area contributed by atoms with E-state index in [0.29, 0.717) is 6.42 Å². The number of hydrogen-bond acceptors (Lipinski definition) is 3. The maximum atomic E-state index is 12.3. The molecule has 0 bridgehead atoms. The van der Waals surface area contributed by atoms with Gasteiger partial charge in [-0.2, -0.15) is 0 Å². The molecule has 0 radical (unpaired) electrons. The highest BCUT2D eigenvalue weighted by atomic mass is 32.1. The van der Waals surface area contributed by atoms with E-state index in [0.717, 1.165) is 21.8 Å². The quantitative estimate of drug-likeness (QED) is 0.782. The first-order valence-corrected chi connectivity index (χ1v) is 6.65. The highest BCUT2D eigenvalue weighted by Gasteiger charge is 2.14. The second-order valence-electron chi connectivity index (χ2n) is 4.24. The number of Topliss-reactive ketones (excluding diaryl/α,β-unsaturated/α-hetero) is 1. The molecule has 3 heteroatoms. The molecule has 0 saturated heterocycles. The number of rotatable bonds is 4. The molecule has 0 amide bonds. The summed E-state index contributed by atoms with van der Waals surface area (Å²) in [5.41, 5.74) is 1.77. The second-order valence-corrected chi connectivity index (χ2v) is 5.70. The molecule has 1 aromatic heterocycles. The van der Waals surface area contributed by atoms with Crippen molar-refractivity contribution in [3.63, 3.8) is 0 Å². The van der Waals surface area contributed by atoms with Crippen molar-refractivity contribution < 1.29 is 9.53 Å². The fourth-order valence-corrected chi connectivity index (χ4v) is 2.97. The van der Waals surface area contributed by atoms with Crippen LogP contribution in [0.25, 0.3) is 0 Å². The van der Waals surface area contributed by atoms with Crippen molar-refractivity contribution in [3.8, 4) is 5.75 Å². The van der Waals surface area contributed by atoms with E-state index in [-0.39, 0.29) is 5.78 Å². The van der Waals surface area contributed by atoms with Gasteiger partial charge in [-0.25, -0.2) is 0 Å². The van der Waals surface area contributed by atoms with Gasteiger partial charge in [0.05, 0.1) is 7.11 Å². The minimum atomic E-state index is 0.154. The zero-order chi connectivity index (χ0) is 13.1. The molecule has 0 saturated carbocycles. The number of ether oxygens (including phenoxy) is 1. The highest BCUT2D eigenvalue weighted by molar-refractivity contribution is 7.12. The Balaban J connectivity index is 2.24. The molecule has 0 unspecified atom stereocenters. The van der Waals surface area contributed by atoms with Crippen molar-refractivity contribution in [3.05, 3.63) is 51.2 Å². The number of hydrogen-bond donors (Lipinski definition) is 0. The zero-order valence-electron chi connectivity index (χ0n) is 10.8. The molecule has 0 aliphatic rings. The highest BCUT2D eigenvalue weighted by Crippen LogP contribution is 2.24. The molecule has 0 N–H and O–H groups in total. The van der Waals surface area contributed by atoms with Crippen LogP contribution in [-0.2, 0) is 6.42 Å². The number of ketones is 1. The second kappa shape index (κ2) is 5.36. The first-order valence-electron chi connectivity index (χ1n) is 5.84. The molecule has 2 aromatic rings. The van der Waals surface area contributed by atoms with Gasteiger partial charge in [0.25, 0.3) is 0 Å². The Morgan fingerprint density at radius 3 is 2.61 bits per heavy atom. The fourth-order valence-electron chi connectivity index (χ4n) is 2.02. The van der Waals surface area contributed by atoms with E-state index in [1.54, 1.807) is 18.4 Å². The number of methoxy groups -OCH3 is 1. The Bertz CT molecular complexity index is 570. The summed E-state index contributed by atoms with van der Waals surface area (Å²) >= 11 is 1.67. The molecular weight excluding hydrogens is 244 g/mol. The standard InChI is InChI=1S/C15H16O2S/c1-10-8-13(11(2)18-10)14(16)9-12-6-4-5-7-15(12)17-3/h4-8H,9H2,1-3H3. The SMILES string of the molecule is COc1ccccc1CC(=O)c1cc(C)sc1C. The monoisotopic (exact) mass is 260 g/mol. The van der Waals surface area contributed by atoms with Crippen molar-refractivity contribution in [1.82, 2.24) is 0 Å². The summed E-state index contributed by atoms with van der Waals surface area (Å²) in [7, 11) is 1.63. The molecule has 0 fully saturated rings. The molecule has 94 valence electrons. The first kappa shape index (κ1) is 12.8. The van der Waals surface area contributed by atoms with E-state index >= 15 is 0 Å². The van der Waals surface area contributed by atoms with Crippen molar-refractivity contribution in [1.29, 1.82) is 0 Å². The van der Waals surface area contributed by atoms with E-state index < -0.39 is 0 Å². The molecule has 1 aromatic carbocycles. The summed E-state index contributed by atoms with van der Waals surface area (Å²) in [5.74, 6) is 0.928. The summed E-state index contributed by atoms with van der Waals surface area (Å²) < 4.78 is 5.27. The van der Waals surface area contributed by atoms with E-state index in [2.05, 4.69) is 0 Å². The molecule has 0 aliphatic carbocycles. The summed E-state index contributed by atoms with van der Waals surface area (Å²) in [6, 6.07) is 9.63. The average Bonchev–Trinajstić information content (AvgIpc) is 2.69. The van der Waals surface area contributed by atoms with E-state index in [9.17, 15) is 4.79 Å². The topological polar surface area (TPSA) is 26.3 Å². The summed E-state index contributed by atoms with van der Waals surface area (Å²) in [5, 5.41) is 0.